The molecule has 0 saturated heterocycles. The summed E-state index contributed by atoms with van der Waals surface area (Å²) in [5.74, 6) is 0.397. The molecule has 0 aliphatic carbocycles. The van der Waals surface area contributed by atoms with Crippen molar-refractivity contribution in [3.63, 3.8) is 0 Å². The first-order chi connectivity index (χ1) is 13.5. The predicted octanol–water partition coefficient (Wildman–Crippen LogP) is 2.73. The Morgan fingerprint density at radius 2 is 2.04 bits per heavy atom. The van der Waals surface area contributed by atoms with Gasteiger partial charge in [-0.3, -0.25) is 9.69 Å². The lowest BCUT2D eigenvalue weighted by Crippen LogP contribution is -2.35. The third kappa shape index (κ3) is 3.61. The van der Waals surface area contributed by atoms with Gasteiger partial charge in [-0.25, -0.2) is 9.37 Å². The lowest BCUT2D eigenvalue weighted by Gasteiger charge is -2.27. The molecular formula is C21H21FN4O2. The average molecular weight is 380 g/mol. The largest absolute Gasteiger partial charge is 0.494 e. The van der Waals surface area contributed by atoms with Crippen LogP contribution in [0.25, 0.3) is 11.4 Å². The van der Waals surface area contributed by atoms with E-state index >= 15 is 0 Å². The maximum Gasteiger partial charge on any atom is 0.255 e. The SMILES string of the molecule is COc1cc(CN2CCc3nc(-c4ccc(N)cc4)[nH]c(=O)c3C2)ccc1F. The third-order valence-corrected chi connectivity index (χ3v) is 4.95. The van der Waals surface area contributed by atoms with Crippen LogP contribution in [0, 0.1) is 5.82 Å². The van der Waals surface area contributed by atoms with E-state index < -0.39 is 0 Å². The Labute approximate surface area is 161 Å². The normalized spacial score (nSPS) is 13.9. The first-order valence-corrected chi connectivity index (χ1v) is 9.06. The summed E-state index contributed by atoms with van der Waals surface area (Å²) in [6, 6.07) is 12.1. The van der Waals surface area contributed by atoms with Crippen LogP contribution in [0.3, 0.4) is 0 Å². The highest BCUT2D eigenvalue weighted by Crippen LogP contribution is 2.23. The average Bonchev–Trinajstić information content (AvgIpc) is 2.70. The fourth-order valence-electron chi connectivity index (χ4n) is 3.45. The van der Waals surface area contributed by atoms with Gasteiger partial charge in [-0.15, -0.1) is 0 Å². The van der Waals surface area contributed by atoms with Gasteiger partial charge >= 0.3 is 0 Å². The van der Waals surface area contributed by atoms with Crippen molar-refractivity contribution in [3.8, 4) is 17.1 Å². The van der Waals surface area contributed by atoms with Crippen molar-refractivity contribution in [2.75, 3.05) is 19.4 Å². The summed E-state index contributed by atoms with van der Waals surface area (Å²) < 4.78 is 18.6. The molecule has 144 valence electrons. The molecule has 3 N–H and O–H groups in total. The van der Waals surface area contributed by atoms with Gasteiger partial charge in [0.05, 0.1) is 18.4 Å². The van der Waals surface area contributed by atoms with Crippen molar-refractivity contribution >= 4 is 5.69 Å². The number of aromatic amines is 1. The molecule has 0 fully saturated rings. The zero-order valence-electron chi connectivity index (χ0n) is 15.5. The van der Waals surface area contributed by atoms with Gasteiger partial charge in [-0.2, -0.15) is 0 Å². The minimum absolute atomic E-state index is 0.127. The van der Waals surface area contributed by atoms with Crippen LogP contribution in [0.2, 0.25) is 0 Å². The van der Waals surface area contributed by atoms with Gasteiger partial charge in [0.15, 0.2) is 11.6 Å². The van der Waals surface area contributed by atoms with Crippen molar-refractivity contribution in [3.05, 3.63) is 75.5 Å². The van der Waals surface area contributed by atoms with Crippen LogP contribution in [0.1, 0.15) is 16.8 Å². The molecular weight excluding hydrogens is 359 g/mol. The molecule has 1 aliphatic heterocycles. The molecule has 0 spiro atoms. The van der Waals surface area contributed by atoms with E-state index in [-0.39, 0.29) is 17.1 Å². The number of H-pyrrole nitrogens is 1. The minimum Gasteiger partial charge on any atom is -0.494 e. The fourth-order valence-corrected chi connectivity index (χ4v) is 3.45. The second-order valence-corrected chi connectivity index (χ2v) is 6.89. The summed E-state index contributed by atoms with van der Waals surface area (Å²) in [5.41, 5.74) is 9.53. The number of anilines is 1. The highest BCUT2D eigenvalue weighted by atomic mass is 19.1. The number of ether oxygens (including phenoxy) is 1. The molecule has 1 aliphatic rings. The number of hydrogen-bond acceptors (Lipinski definition) is 5. The number of halogens is 1. The molecule has 6 nitrogen and oxygen atoms in total. The third-order valence-electron chi connectivity index (χ3n) is 4.95. The van der Waals surface area contributed by atoms with Gasteiger partial charge in [0, 0.05) is 37.3 Å². The molecule has 4 rings (SSSR count). The van der Waals surface area contributed by atoms with Gasteiger partial charge in [0.2, 0.25) is 0 Å². The van der Waals surface area contributed by atoms with Crippen molar-refractivity contribution in [1.82, 2.24) is 14.9 Å². The first-order valence-electron chi connectivity index (χ1n) is 9.06. The summed E-state index contributed by atoms with van der Waals surface area (Å²) in [4.78, 5) is 22.3. The van der Waals surface area contributed by atoms with Crippen LogP contribution < -0.4 is 16.0 Å². The molecule has 2 aromatic carbocycles. The molecule has 3 aromatic rings. The lowest BCUT2D eigenvalue weighted by molar-refractivity contribution is 0.241. The van der Waals surface area contributed by atoms with Crippen LogP contribution in [0.4, 0.5) is 10.1 Å². The predicted molar refractivity (Wildman–Crippen MR) is 105 cm³/mol. The maximum atomic E-state index is 13.6. The van der Waals surface area contributed by atoms with E-state index in [0.29, 0.717) is 36.6 Å². The summed E-state index contributed by atoms with van der Waals surface area (Å²) in [6.45, 7) is 1.87. The first kappa shape index (κ1) is 18.2. The monoisotopic (exact) mass is 380 g/mol. The quantitative estimate of drug-likeness (QED) is 0.680. The number of fused-ring (bicyclic) bond motifs is 1. The van der Waals surface area contributed by atoms with Crippen LogP contribution in [0.15, 0.2) is 47.3 Å². The van der Waals surface area contributed by atoms with E-state index in [1.54, 1.807) is 24.3 Å². The van der Waals surface area contributed by atoms with E-state index in [0.717, 1.165) is 23.4 Å². The molecule has 0 atom stereocenters. The second-order valence-electron chi connectivity index (χ2n) is 6.89. The Morgan fingerprint density at radius 1 is 1.25 bits per heavy atom. The van der Waals surface area contributed by atoms with E-state index in [1.807, 2.05) is 12.1 Å². The van der Waals surface area contributed by atoms with E-state index in [2.05, 4.69) is 14.9 Å². The summed E-state index contributed by atoms with van der Waals surface area (Å²) in [6.07, 6.45) is 0.680. The van der Waals surface area contributed by atoms with Crippen LogP contribution in [-0.2, 0) is 19.5 Å². The Kier molecular flexibility index (Phi) is 4.83. The van der Waals surface area contributed by atoms with Crippen LogP contribution >= 0.6 is 0 Å². The van der Waals surface area contributed by atoms with Gasteiger partial charge in [0.1, 0.15) is 5.82 Å². The summed E-state index contributed by atoms with van der Waals surface area (Å²) >= 11 is 0. The molecule has 0 saturated carbocycles. The van der Waals surface area contributed by atoms with E-state index in [1.165, 1.54) is 13.2 Å². The van der Waals surface area contributed by atoms with Gasteiger partial charge in [-0.1, -0.05) is 6.07 Å². The minimum atomic E-state index is -0.383. The van der Waals surface area contributed by atoms with E-state index in [9.17, 15) is 9.18 Å². The molecule has 2 heterocycles. The molecule has 1 aromatic heterocycles. The van der Waals surface area contributed by atoms with Crippen molar-refractivity contribution in [2.24, 2.45) is 0 Å². The number of aromatic nitrogens is 2. The Balaban J connectivity index is 1.56. The fraction of sp³-hybridized carbons (Fsp3) is 0.238. The van der Waals surface area contributed by atoms with Crippen LogP contribution in [-0.4, -0.2) is 28.5 Å². The highest BCUT2D eigenvalue weighted by Gasteiger charge is 2.22. The molecule has 0 unspecified atom stereocenters. The number of methoxy groups -OCH3 is 1. The van der Waals surface area contributed by atoms with E-state index in [4.69, 9.17) is 10.5 Å². The topological polar surface area (TPSA) is 84.2 Å². The molecule has 0 amide bonds. The van der Waals surface area contributed by atoms with Crippen molar-refractivity contribution < 1.29 is 9.13 Å². The van der Waals surface area contributed by atoms with Crippen LogP contribution in [0.5, 0.6) is 5.75 Å². The number of nitrogens with zero attached hydrogens (tertiary/aromatic N) is 2. The van der Waals surface area contributed by atoms with Gasteiger partial charge in [0.25, 0.3) is 5.56 Å². The number of nitrogens with two attached hydrogens (primary N) is 1. The highest BCUT2D eigenvalue weighted by molar-refractivity contribution is 5.58. The lowest BCUT2D eigenvalue weighted by atomic mass is 10.1. The maximum absolute atomic E-state index is 13.6. The zero-order chi connectivity index (χ0) is 19.7. The Hall–Kier alpha value is -3.19. The Morgan fingerprint density at radius 3 is 2.79 bits per heavy atom. The van der Waals surface area contributed by atoms with Gasteiger partial charge in [-0.05, 0) is 42.0 Å². The number of benzene rings is 2. The molecule has 7 heteroatoms. The number of nitrogen functional groups attached to an aromatic ring is 1. The standard InChI is InChI=1S/C21H21FN4O2/c1-28-19-10-13(2-7-17(19)22)11-26-9-8-18-16(12-26)21(27)25-20(24-18)14-3-5-15(23)6-4-14/h2-7,10H,8-9,11-12,23H2,1H3,(H,24,25,27). The van der Waals surface area contributed by atoms with Crippen molar-refractivity contribution in [1.29, 1.82) is 0 Å². The summed E-state index contributed by atoms with van der Waals surface area (Å²) in [5, 5.41) is 0. The molecule has 0 bridgehead atoms. The number of nitrogens with one attached hydrogen (secondary N) is 1. The second kappa shape index (κ2) is 7.44. The smallest absolute Gasteiger partial charge is 0.255 e. The number of hydrogen-bond donors (Lipinski definition) is 2. The Bertz CT molecular complexity index is 1060. The van der Waals surface area contributed by atoms with Gasteiger partial charge < -0.3 is 15.5 Å². The molecule has 0 radical (unpaired) electrons. The summed E-state index contributed by atoms with van der Waals surface area (Å²) in [7, 11) is 1.45. The molecule has 28 heavy (non-hydrogen) atoms. The number of rotatable bonds is 4. The van der Waals surface area contributed by atoms with Crippen molar-refractivity contribution in [2.45, 2.75) is 19.5 Å². The zero-order valence-corrected chi connectivity index (χ0v) is 15.5.